The molecule has 1 heterocycles. The van der Waals surface area contributed by atoms with E-state index in [1.165, 1.54) is 0 Å². The third-order valence-electron chi connectivity index (χ3n) is 3.63. The molecule has 0 radical (unpaired) electrons. The van der Waals surface area contributed by atoms with E-state index < -0.39 is 23.8 Å². The molecule has 0 aliphatic carbocycles. The molecule has 0 saturated carbocycles. The van der Waals surface area contributed by atoms with E-state index in [0.717, 1.165) is 6.42 Å². The molecule has 0 unspecified atom stereocenters. The van der Waals surface area contributed by atoms with Crippen LogP contribution in [-0.4, -0.2) is 54.1 Å². The topological polar surface area (TPSA) is 98.7 Å². The normalized spacial score (nSPS) is 22.3. The molecule has 0 aromatic heterocycles. The number of rotatable bonds is 6. The molecule has 0 bridgehead atoms. The minimum Gasteiger partial charge on any atom is -0.481 e. The Bertz CT molecular complexity index is 398. The van der Waals surface area contributed by atoms with Gasteiger partial charge < -0.3 is 10.4 Å². The molecule has 1 rings (SSSR count). The van der Waals surface area contributed by atoms with Crippen molar-refractivity contribution in [1.29, 1.82) is 0 Å². The van der Waals surface area contributed by atoms with E-state index in [4.69, 9.17) is 5.11 Å². The monoisotopic (exact) mass is 299 g/mol. The molecule has 3 amide bonds. The van der Waals surface area contributed by atoms with E-state index >= 15 is 0 Å². The summed E-state index contributed by atoms with van der Waals surface area (Å²) < 4.78 is 0. The third-order valence-corrected chi connectivity index (χ3v) is 3.63. The largest absolute Gasteiger partial charge is 0.481 e. The summed E-state index contributed by atoms with van der Waals surface area (Å²) in [5, 5.41) is 13.9. The van der Waals surface area contributed by atoms with Crippen LogP contribution in [0.15, 0.2) is 0 Å². The zero-order valence-corrected chi connectivity index (χ0v) is 12.9. The van der Waals surface area contributed by atoms with E-state index in [1.807, 2.05) is 6.92 Å². The van der Waals surface area contributed by atoms with Crippen molar-refractivity contribution in [3.8, 4) is 0 Å². The highest BCUT2D eigenvalue weighted by atomic mass is 16.4. The molecule has 1 aliphatic heterocycles. The molecule has 1 saturated heterocycles. The molecule has 7 heteroatoms. The zero-order chi connectivity index (χ0) is 16.0. The van der Waals surface area contributed by atoms with Crippen molar-refractivity contribution >= 4 is 17.9 Å². The van der Waals surface area contributed by atoms with Crippen molar-refractivity contribution in [2.75, 3.05) is 26.2 Å². The van der Waals surface area contributed by atoms with Gasteiger partial charge in [-0.25, -0.2) is 4.79 Å². The van der Waals surface area contributed by atoms with E-state index in [2.05, 4.69) is 24.5 Å². The fraction of sp³-hybridized carbons (Fsp3) is 0.786. The smallest absolute Gasteiger partial charge is 0.321 e. The Kier molecular flexibility index (Phi) is 6.61. The van der Waals surface area contributed by atoms with Crippen LogP contribution < -0.4 is 10.6 Å². The Hall–Kier alpha value is -1.63. The molecule has 2 atom stereocenters. The number of urea groups is 1. The van der Waals surface area contributed by atoms with E-state index in [0.29, 0.717) is 25.6 Å². The number of carbonyl (C=O) groups excluding carboxylic acids is 2. The Labute approximate surface area is 125 Å². The van der Waals surface area contributed by atoms with Gasteiger partial charge in [-0.1, -0.05) is 20.8 Å². The van der Waals surface area contributed by atoms with Crippen molar-refractivity contribution < 1.29 is 19.5 Å². The fourth-order valence-corrected chi connectivity index (χ4v) is 2.41. The number of imide groups is 1. The number of carboxylic acid groups (broad SMARTS) is 1. The summed E-state index contributed by atoms with van der Waals surface area (Å²) >= 11 is 0. The van der Waals surface area contributed by atoms with Crippen molar-refractivity contribution in [3.05, 3.63) is 0 Å². The molecule has 120 valence electrons. The molecule has 1 fully saturated rings. The molecule has 0 spiro atoms. The van der Waals surface area contributed by atoms with Crippen LogP contribution in [0.4, 0.5) is 4.79 Å². The molecule has 7 nitrogen and oxygen atoms in total. The lowest BCUT2D eigenvalue weighted by Crippen LogP contribution is -2.44. The van der Waals surface area contributed by atoms with Crippen molar-refractivity contribution in [2.45, 2.75) is 27.2 Å². The molecular formula is C14H25N3O4. The van der Waals surface area contributed by atoms with Crippen LogP contribution in [-0.2, 0) is 9.59 Å². The van der Waals surface area contributed by atoms with Gasteiger partial charge in [0.25, 0.3) is 0 Å². The minimum atomic E-state index is -0.836. The average molecular weight is 299 g/mol. The van der Waals surface area contributed by atoms with E-state index in [-0.39, 0.29) is 12.5 Å². The number of amides is 3. The lowest BCUT2D eigenvalue weighted by Gasteiger charge is -2.14. The predicted molar refractivity (Wildman–Crippen MR) is 77.7 cm³/mol. The van der Waals surface area contributed by atoms with Gasteiger partial charge in [-0.3, -0.25) is 19.8 Å². The molecule has 0 aromatic rings. The van der Waals surface area contributed by atoms with Gasteiger partial charge >= 0.3 is 12.0 Å². The minimum absolute atomic E-state index is 0.00942. The first-order valence-electron chi connectivity index (χ1n) is 7.32. The average Bonchev–Trinajstić information content (AvgIpc) is 2.69. The first-order chi connectivity index (χ1) is 9.79. The molecule has 1 aliphatic rings. The lowest BCUT2D eigenvalue weighted by molar-refractivity contribution is -0.142. The number of carbonyl (C=O) groups is 3. The van der Waals surface area contributed by atoms with Gasteiger partial charge in [0, 0.05) is 19.6 Å². The van der Waals surface area contributed by atoms with E-state index in [1.54, 1.807) is 4.90 Å². The summed E-state index contributed by atoms with van der Waals surface area (Å²) in [6, 6.07) is -0.498. The summed E-state index contributed by atoms with van der Waals surface area (Å²) in [6.45, 7) is 7.44. The summed E-state index contributed by atoms with van der Waals surface area (Å²) in [5.41, 5.74) is 0. The molecular weight excluding hydrogens is 274 g/mol. The van der Waals surface area contributed by atoms with Crippen LogP contribution in [0.3, 0.4) is 0 Å². The Balaban J connectivity index is 2.28. The van der Waals surface area contributed by atoms with Crippen LogP contribution >= 0.6 is 0 Å². The maximum absolute atomic E-state index is 11.7. The highest BCUT2D eigenvalue weighted by Crippen LogP contribution is 2.22. The second-order valence-electron chi connectivity index (χ2n) is 6.10. The molecule has 3 N–H and O–H groups in total. The maximum Gasteiger partial charge on any atom is 0.321 e. The number of likely N-dealkylation sites (tertiary alicyclic amines) is 1. The number of nitrogens with one attached hydrogen (secondary N) is 2. The van der Waals surface area contributed by atoms with Gasteiger partial charge in [0.2, 0.25) is 5.91 Å². The summed E-state index contributed by atoms with van der Waals surface area (Å²) in [4.78, 5) is 36.0. The number of hydrogen-bond donors (Lipinski definition) is 3. The van der Waals surface area contributed by atoms with Crippen molar-refractivity contribution in [2.24, 2.45) is 17.8 Å². The quantitative estimate of drug-likeness (QED) is 0.664. The second kappa shape index (κ2) is 7.97. The number of nitrogens with zero attached hydrogens (tertiary/aromatic N) is 1. The van der Waals surface area contributed by atoms with Crippen LogP contribution in [0.1, 0.15) is 27.2 Å². The highest BCUT2D eigenvalue weighted by Gasteiger charge is 2.35. The van der Waals surface area contributed by atoms with E-state index in [9.17, 15) is 14.4 Å². The van der Waals surface area contributed by atoms with Crippen LogP contribution in [0.2, 0.25) is 0 Å². The number of aliphatic carboxylic acids is 1. The summed E-state index contributed by atoms with van der Waals surface area (Å²) in [7, 11) is 0. The van der Waals surface area contributed by atoms with Gasteiger partial charge in [-0.2, -0.15) is 0 Å². The zero-order valence-electron chi connectivity index (χ0n) is 12.9. The Morgan fingerprint density at radius 3 is 2.48 bits per heavy atom. The lowest BCUT2D eigenvalue weighted by atomic mass is 9.99. The van der Waals surface area contributed by atoms with Crippen molar-refractivity contribution in [3.63, 3.8) is 0 Å². The fourth-order valence-electron chi connectivity index (χ4n) is 2.41. The number of carboxylic acids is 1. The predicted octanol–water partition coefficient (Wildman–Crippen LogP) is 0.511. The first-order valence-corrected chi connectivity index (χ1v) is 7.32. The second-order valence-corrected chi connectivity index (χ2v) is 6.10. The van der Waals surface area contributed by atoms with Gasteiger partial charge in [-0.05, 0) is 18.3 Å². The van der Waals surface area contributed by atoms with Crippen LogP contribution in [0, 0.1) is 17.8 Å². The Morgan fingerprint density at radius 1 is 1.29 bits per heavy atom. The Morgan fingerprint density at radius 2 is 1.95 bits per heavy atom. The van der Waals surface area contributed by atoms with Crippen molar-refractivity contribution in [1.82, 2.24) is 15.5 Å². The SMILES string of the molecule is CC(C)CCNC(=O)NC(=O)CN1C[C@@H](C)[C@H](C(=O)O)C1. The van der Waals surface area contributed by atoms with Crippen LogP contribution in [0.25, 0.3) is 0 Å². The molecule has 21 heavy (non-hydrogen) atoms. The first kappa shape index (κ1) is 17.4. The third kappa shape index (κ3) is 6.12. The standard InChI is InChI=1S/C14H25N3O4/c1-9(2)4-5-15-14(21)16-12(18)8-17-6-10(3)11(7-17)13(19)20/h9-11H,4-8H2,1-3H3,(H,19,20)(H2,15,16,18,21)/t10-,11-/m1/s1. The molecule has 0 aromatic carbocycles. The summed E-state index contributed by atoms with van der Waals surface area (Å²) in [6.07, 6.45) is 0.853. The number of hydrogen-bond acceptors (Lipinski definition) is 4. The van der Waals surface area contributed by atoms with Crippen LogP contribution in [0.5, 0.6) is 0 Å². The van der Waals surface area contributed by atoms with Gasteiger partial charge in [0.1, 0.15) is 0 Å². The van der Waals surface area contributed by atoms with Gasteiger partial charge in [0.15, 0.2) is 0 Å². The van der Waals surface area contributed by atoms with Gasteiger partial charge in [0.05, 0.1) is 12.5 Å². The summed E-state index contributed by atoms with van der Waals surface area (Å²) in [5.74, 6) is -1.19. The maximum atomic E-state index is 11.7. The highest BCUT2D eigenvalue weighted by molar-refractivity contribution is 5.95. The van der Waals surface area contributed by atoms with Gasteiger partial charge in [-0.15, -0.1) is 0 Å².